The summed E-state index contributed by atoms with van der Waals surface area (Å²) in [6.07, 6.45) is 1.91. The molecule has 3 heteroatoms. The number of likely N-dealkylation sites (tertiary alicyclic amines) is 1. The van der Waals surface area contributed by atoms with Crippen molar-refractivity contribution in [1.29, 1.82) is 0 Å². The number of hydrogen-bond acceptors (Lipinski definition) is 2. The average molecular weight is 246 g/mol. The molecule has 2 unspecified atom stereocenters. The van der Waals surface area contributed by atoms with Gasteiger partial charge in [0.1, 0.15) is 0 Å². The zero-order valence-electron chi connectivity index (χ0n) is 11.2. The normalized spacial score (nSPS) is 24.1. The quantitative estimate of drug-likeness (QED) is 0.868. The van der Waals surface area contributed by atoms with Crippen LogP contribution in [0.2, 0.25) is 0 Å². The van der Waals surface area contributed by atoms with Gasteiger partial charge in [0, 0.05) is 24.7 Å². The molecule has 18 heavy (non-hydrogen) atoms. The summed E-state index contributed by atoms with van der Waals surface area (Å²) in [7, 11) is 0. The number of amides is 1. The van der Waals surface area contributed by atoms with Crippen LogP contribution in [-0.4, -0.2) is 29.9 Å². The largest absolute Gasteiger partial charge is 0.338 e. The Morgan fingerprint density at radius 3 is 2.61 bits per heavy atom. The first-order chi connectivity index (χ1) is 8.61. The molecule has 1 aromatic rings. The lowest BCUT2D eigenvalue weighted by atomic mass is 9.94. The first kappa shape index (κ1) is 13.1. The second-order valence-electron chi connectivity index (χ2n) is 5.23. The SMILES string of the molecule is CCc1ccc(C(=O)N2CCC(N)C(C)C2)cc1. The van der Waals surface area contributed by atoms with Gasteiger partial charge in [0.2, 0.25) is 0 Å². The highest BCUT2D eigenvalue weighted by molar-refractivity contribution is 5.94. The third-order valence-electron chi connectivity index (χ3n) is 3.87. The van der Waals surface area contributed by atoms with Crippen LogP contribution in [0.25, 0.3) is 0 Å². The van der Waals surface area contributed by atoms with E-state index in [1.54, 1.807) is 0 Å². The van der Waals surface area contributed by atoms with Gasteiger partial charge in [-0.2, -0.15) is 0 Å². The number of nitrogens with zero attached hydrogens (tertiary/aromatic N) is 1. The molecule has 1 aliphatic rings. The summed E-state index contributed by atoms with van der Waals surface area (Å²) in [4.78, 5) is 14.3. The molecule has 0 aliphatic carbocycles. The molecule has 0 spiro atoms. The molecule has 1 heterocycles. The third kappa shape index (κ3) is 2.72. The summed E-state index contributed by atoms with van der Waals surface area (Å²) in [5, 5.41) is 0. The first-order valence-electron chi connectivity index (χ1n) is 6.75. The molecule has 0 radical (unpaired) electrons. The third-order valence-corrected chi connectivity index (χ3v) is 3.87. The molecule has 2 atom stereocenters. The van der Waals surface area contributed by atoms with Crippen molar-refractivity contribution in [2.24, 2.45) is 11.7 Å². The lowest BCUT2D eigenvalue weighted by molar-refractivity contribution is 0.0664. The van der Waals surface area contributed by atoms with E-state index in [4.69, 9.17) is 5.73 Å². The second-order valence-corrected chi connectivity index (χ2v) is 5.23. The standard InChI is InChI=1S/C15H22N2O/c1-3-12-4-6-13(7-5-12)15(18)17-9-8-14(16)11(2)10-17/h4-7,11,14H,3,8-10,16H2,1-2H3. The smallest absolute Gasteiger partial charge is 0.253 e. The van der Waals surface area contributed by atoms with Gasteiger partial charge in [-0.25, -0.2) is 0 Å². The number of piperidine rings is 1. The zero-order chi connectivity index (χ0) is 13.1. The Labute approximate surface area is 109 Å². The molecule has 1 aliphatic heterocycles. The van der Waals surface area contributed by atoms with E-state index in [2.05, 4.69) is 13.8 Å². The number of benzene rings is 1. The summed E-state index contributed by atoms with van der Waals surface area (Å²) in [5.74, 6) is 0.522. The van der Waals surface area contributed by atoms with Crippen LogP contribution in [-0.2, 0) is 6.42 Å². The minimum absolute atomic E-state index is 0.136. The van der Waals surface area contributed by atoms with Gasteiger partial charge in [-0.05, 0) is 36.5 Å². The first-order valence-corrected chi connectivity index (χ1v) is 6.75. The van der Waals surface area contributed by atoms with Gasteiger partial charge in [-0.1, -0.05) is 26.0 Å². The van der Waals surface area contributed by atoms with E-state index in [1.807, 2.05) is 29.2 Å². The Bertz CT molecular complexity index is 413. The minimum atomic E-state index is 0.136. The lowest BCUT2D eigenvalue weighted by Gasteiger charge is -2.35. The Morgan fingerprint density at radius 1 is 1.39 bits per heavy atom. The maximum atomic E-state index is 12.3. The monoisotopic (exact) mass is 246 g/mol. The number of carbonyl (C=O) groups is 1. The van der Waals surface area contributed by atoms with Crippen molar-refractivity contribution in [2.75, 3.05) is 13.1 Å². The maximum Gasteiger partial charge on any atom is 0.253 e. The Kier molecular flexibility index (Phi) is 4.02. The summed E-state index contributed by atoms with van der Waals surface area (Å²) in [6, 6.07) is 8.16. The van der Waals surface area contributed by atoms with Crippen molar-refractivity contribution in [3.63, 3.8) is 0 Å². The molecular formula is C15H22N2O. The number of hydrogen-bond donors (Lipinski definition) is 1. The molecule has 0 bridgehead atoms. The molecule has 1 amide bonds. The van der Waals surface area contributed by atoms with Crippen molar-refractivity contribution in [3.8, 4) is 0 Å². The van der Waals surface area contributed by atoms with E-state index in [9.17, 15) is 4.79 Å². The van der Waals surface area contributed by atoms with Gasteiger partial charge in [0.15, 0.2) is 0 Å². The highest BCUT2D eigenvalue weighted by Gasteiger charge is 2.26. The molecule has 0 saturated carbocycles. The van der Waals surface area contributed by atoms with Gasteiger partial charge in [-0.3, -0.25) is 4.79 Å². The topological polar surface area (TPSA) is 46.3 Å². The number of rotatable bonds is 2. The van der Waals surface area contributed by atoms with Gasteiger partial charge in [0.05, 0.1) is 0 Å². The van der Waals surface area contributed by atoms with Crippen LogP contribution in [0.3, 0.4) is 0 Å². The minimum Gasteiger partial charge on any atom is -0.338 e. The van der Waals surface area contributed by atoms with Gasteiger partial charge in [-0.15, -0.1) is 0 Å². The van der Waals surface area contributed by atoms with Crippen LogP contribution in [0.5, 0.6) is 0 Å². The fraction of sp³-hybridized carbons (Fsp3) is 0.533. The van der Waals surface area contributed by atoms with Crippen LogP contribution in [0, 0.1) is 5.92 Å². The molecule has 0 aromatic heterocycles. The zero-order valence-corrected chi connectivity index (χ0v) is 11.2. The maximum absolute atomic E-state index is 12.3. The predicted octanol–water partition coefficient (Wildman–Crippen LogP) is 2.06. The van der Waals surface area contributed by atoms with E-state index in [0.717, 1.165) is 31.5 Å². The Balaban J connectivity index is 2.06. The van der Waals surface area contributed by atoms with E-state index in [1.165, 1.54) is 5.56 Å². The highest BCUT2D eigenvalue weighted by atomic mass is 16.2. The molecule has 1 fully saturated rings. The van der Waals surface area contributed by atoms with Crippen LogP contribution in [0.15, 0.2) is 24.3 Å². The predicted molar refractivity (Wildman–Crippen MR) is 73.5 cm³/mol. The molecule has 98 valence electrons. The summed E-state index contributed by atoms with van der Waals surface area (Å²) in [6.45, 7) is 5.78. The van der Waals surface area contributed by atoms with Crippen molar-refractivity contribution in [1.82, 2.24) is 4.90 Å². The lowest BCUT2D eigenvalue weighted by Crippen LogP contribution is -2.48. The van der Waals surface area contributed by atoms with Gasteiger partial charge < -0.3 is 10.6 Å². The molecule has 2 rings (SSSR count). The van der Waals surface area contributed by atoms with E-state index in [-0.39, 0.29) is 11.9 Å². The number of carbonyl (C=O) groups excluding carboxylic acids is 1. The van der Waals surface area contributed by atoms with Crippen LogP contribution >= 0.6 is 0 Å². The van der Waals surface area contributed by atoms with Crippen molar-refractivity contribution < 1.29 is 4.79 Å². The Morgan fingerprint density at radius 2 is 2.06 bits per heavy atom. The Hall–Kier alpha value is -1.35. The van der Waals surface area contributed by atoms with Crippen LogP contribution in [0.1, 0.15) is 36.2 Å². The van der Waals surface area contributed by atoms with Crippen molar-refractivity contribution in [3.05, 3.63) is 35.4 Å². The van der Waals surface area contributed by atoms with E-state index >= 15 is 0 Å². The average Bonchev–Trinajstić information content (AvgIpc) is 2.41. The van der Waals surface area contributed by atoms with Gasteiger partial charge >= 0.3 is 0 Å². The van der Waals surface area contributed by atoms with E-state index in [0.29, 0.717) is 5.92 Å². The van der Waals surface area contributed by atoms with Crippen molar-refractivity contribution >= 4 is 5.91 Å². The summed E-state index contributed by atoms with van der Waals surface area (Å²) in [5.41, 5.74) is 8.03. The highest BCUT2D eigenvalue weighted by Crippen LogP contribution is 2.17. The molecule has 3 nitrogen and oxygen atoms in total. The summed E-state index contributed by atoms with van der Waals surface area (Å²) >= 11 is 0. The second kappa shape index (κ2) is 5.53. The van der Waals surface area contributed by atoms with E-state index < -0.39 is 0 Å². The molecular weight excluding hydrogens is 224 g/mol. The summed E-state index contributed by atoms with van der Waals surface area (Å²) < 4.78 is 0. The number of aryl methyl sites for hydroxylation is 1. The molecule has 2 N–H and O–H groups in total. The molecule has 1 aromatic carbocycles. The van der Waals surface area contributed by atoms with Crippen molar-refractivity contribution in [2.45, 2.75) is 32.7 Å². The molecule has 1 saturated heterocycles. The van der Waals surface area contributed by atoms with Crippen LogP contribution < -0.4 is 5.73 Å². The fourth-order valence-electron chi connectivity index (χ4n) is 2.41. The van der Waals surface area contributed by atoms with Gasteiger partial charge in [0.25, 0.3) is 5.91 Å². The fourth-order valence-corrected chi connectivity index (χ4v) is 2.41. The number of nitrogens with two attached hydrogens (primary N) is 1. The van der Waals surface area contributed by atoms with Crippen LogP contribution in [0.4, 0.5) is 0 Å².